The van der Waals surface area contributed by atoms with Crippen LogP contribution in [0.1, 0.15) is 26.2 Å². The molecule has 0 saturated heterocycles. The van der Waals surface area contributed by atoms with Crippen molar-refractivity contribution in [3.05, 3.63) is 0 Å². The van der Waals surface area contributed by atoms with E-state index in [1.54, 1.807) is 7.05 Å². The third-order valence-electron chi connectivity index (χ3n) is 3.47. The Morgan fingerprint density at radius 1 is 1.46 bits per heavy atom. The van der Waals surface area contributed by atoms with Gasteiger partial charge in [0.2, 0.25) is 5.91 Å². The summed E-state index contributed by atoms with van der Waals surface area (Å²) in [6.45, 7) is 2.95. The fraction of sp³-hybridized carbons (Fsp3) is 0.900. The van der Waals surface area contributed by atoms with Crippen molar-refractivity contribution in [2.24, 2.45) is 11.8 Å². The maximum absolute atomic E-state index is 11.7. The molecule has 0 aromatic rings. The van der Waals surface area contributed by atoms with Gasteiger partial charge in [-0.1, -0.05) is 6.92 Å². The first-order chi connectivity index (χ1) is 6.22. The minimum atomic E-state index is -0.225. The molecule has 0 aromatic heterocycles. The number of nitrogens with one attached hydrogen (secondary N) is 2. The Morgan fingerprint density at radius 3 is 2.54 bits per heavy atom. The Bertz CT molecular complexity index is 217. The van der Waals surface area contributed by atoms with Crippen molar-refractivity contribution >= 4 is 5.91 Å². The molecule has 0 radical (unpaired) electrons. The minimum Gasteiger partial charge on any atom is -0.358 e. The van der Waals surface area contributed by atoms with Gasteiger partial charge in [-0.15, -0.1) is 0 Å². The third-order valence-corrected chi connectivity index (χ3v) is 3.47. The van der Waals surface area contributed by atoms with Crippen LogP contribution in [0.3, 0.4) is 0 Å². The van der Waals surface area contributed by atoms with E-state index in [1.807, 2.05) is 0 Å². The van der Waals surface area contributed by atoms with Crippen LogP contribution >= 0.6 is 0 Å². The van der Waals surface area contributed by atoms with Crippen LogP contribution in [0.4, 0.5) is 0 Å². The van der Waals surface area contributed by atoms with Gasteiger partial charge in [-0.2, -0.15) is 0 Å². The van der Waals surface area contributed by atoms with E-state index in [2.05, 4.69) is 17.6 Å². The molecule has 2 rings (SSSR count). The van der Waals surface area contributed by atoms with Gasteiger partial charge in [-0.3, -0.25) is 4.79 Å². The van der Waals surface area contributed by atoms with Crippen LogP contribution in [0, 0.1) is 11.8 Å². The number of carbonyl (C=O) groups excluding carboxylic acids is 1. The average Bonchev–Trinajstić information content (AvgIpc) is 2.74. The maximum Gasteiger partial charge on any atom is 0.240 e. The number of hydrogen-bond acceptors (Lipinski definition) is 2. The fourth-order valence-corrected chi connectivity index (χ4v) is 2.78. The van der Waals surface area contributed by atoms with Crippen LogP contribution in [0.2, 0.25) is 0 Å². The van der Waals surface area contributed by atoms with Crippen LogP contribution in [-0.4, -0.2) is 25.0 Å². The molecule has 13 heavy (non-hydrogen) atoms. The van der Waals surface area contributed by atoms with Gasteiger partial charge in [0.1, 0.15) is 0 Å². The van der Waals surface area contributed by atoms with Crippen molar-refractivity contribution in [1.82, 2.24) is 10.6 Å². The van der Waals surface area contributed by atoms with Gasteiger partial charge >= 0.3 is 0 Å². The molecule has 2 atom stereocenters. The first-order valence-electron chi connectivity index (χ1n) is 5.19. The standard InChI is InChI=1S/C10H18N2O/c1-3-12-10(9(13)11-2)5-7-4-8(7)6-10/h7-8,12H,3-6H2,1-2H3,(H,11,13). The first kappa shape index (κ1) is 9.00. The second kappa shape index (κ2) is 2.98. The van der Waals surface area contributed by atoms with Gasteiger partial charge in [-0.25, -0.2) is 0 Å². The maximum atomic E-state index is 11.7. The predicted octanol–water partition coefficient (Wildman–Crippen LogP) is 0.511. The third kappa shape index (κ3) is 1.35. The SMILES string of the molecule is CCNC1(C(=O)NC)CC2CC2C1. The normalized spacial score (nSPS) is 41.4. The summed E-state index contributed by atoms with van der Waals surface area (Å²) in [6.07, 6.45) is 3.44. The van der Waals surface area contributed by atoms with Gasteiger partial charge in [0.15, 0.2) is 0 Å². The largest absolute Gasteiger partial charge is 0.358 e. The van der Waals surface area contributed by atoms with Crippen LogP contribution in [0.5, 0.6) is 0 Å². The van der Waals surface area contributed by atoms with Gasteiger partial charge < -0.3 is 10.6 Å². The van der Waals surface area contributed by atoms with Crippen molar-refractivity contribution in [2.75, 3.05) is 13.6 Å². The second-order valence-corrected chi connectivity index (χ2v) is 4.36. The van der Waals surface area contributed by atoms with Gasteiger partial charge in [0.25, 0.3) is 0 Å². The van der Waals surface area contributed by atoms with E-state index in [0.29, 0.717) is 0 Å². The van der Waals surface area contributed by atoms with Crippen LogP contribution in [-0.2, 0) is 4.79 Å². The summed E-state index contributed by atoms with van der Waals surface area (Å²) in [7, 11) is 1.73. The van der Waals surface area contributed by atoms with Crippen LogP contribution < -0.4 is 10.6 Å². The molecule has 2 N–H and O–H groups in total. The summed E-state index contributed by atoms with van der Waals surface area (Å²) in [5.74, 6) is 1.84. The number of hydrogen-bond donors (Lipinski definition) is 2. The topological polar surface area (TPSA) is 41.1 Å². The minimum absolute atomic E-state index is 0.182. The van der Waals surface area contributed by atoms with E-state index in [1.165, 1.54) is 6.42 Å². The zero-order chi connectivity index (χ0) is 9.47. The number of carbonyl (C=O) groups is 1. The van der Waals surface area contributed by atoms with Gasteiger partial charge in [0.05, 0.1) is 5.54 Å². The number of rotatable bonds is 3. The molecule has 3 nitrogen and oxygen atoms in total. The molecule has 0 aromatic carbocycles. The number of likely N-dealkylation sites (N-methyl/N-ethyl adjacent to an activating group) is 2. The van der Waals surface area contributed by atoms with Gasteiger partial charge in [-0.05, 0) is 37.6 Å². The molecule has 0 heterocycles. The first-order valence-corrected chi connectivity index (χ1v) is 5.19. The lowest BCUT2D eigenvalue weighted by molar-refractivity contribution is -0.127. The van der Waals surface area contributed by atoms with E-state index in [4.69, 9.17) is 0 Å². The highest BCUT2D eigenvalue weighted by molar-refractivity contribution is 5.86. The molecular weight excluding hydrogens is 164 g/mol. The number of fused-ring (bicyclic) bond motifs is 1. The molecular formula is C10H18N2O. The summed E-state index contributed by atoms with van der Waals surface area (Å²) < 4.78 is 0. The Balaban J connectivity index is 2.07. The monoisotopic (exact) mass is 182 g/mol. The molecule has 0 spiro atoms. The lowest BCUT2D eigenvalue weighted by atomic mass is 9.92. The highest BCUT2D eigenvalue weighted by Crippen LogP contribution is 2.56. The van der Waals surface area contributed by atoms with E-state index in [-0.39, 0.29) is 11.4 Å². The lowest BCUT2D eigenvalue weighted by Crippen LogP contribution is -2.55. The Labute approximate surface area is 79.3 Å². The predicted molar refractivity (Wildman–Crippen MR) is 51.3 cm³/mol. The van der Waals surface area contributed by atoms with E-state index in [9.17, 15) is 4.79 Å². The average molecular weight is 182 g/mol. The van der Waals surface area contributed by atoms with Crippen molar-refractivity contribution in [2.45, 2.75) is 31.7 Å². The molecule has 2 aliphatic rings. The van der Waals surface area contributed by atoms with E-state index >= 15 is 0 Å². The summed E-state index contributed by atoms with van der Waals surface area (Å²) in [5, 5.41) is 6.13. The van der Waals surface area contributed by atoms with Crippen molar-refractivity contribution in [1.29, 1.82) is 0 Å². The molecule has 2 unspecified atom stereocenters. The Morgan fingerprint density at radius 2 is 2.08 bits per heavy atom. The zero-order valence-corrected chi connectivity index (χ0v) is 8.39. The van der Waals surface area contributed by atoms with E-state index in [0.717, 1.165) is 31.2 Å². The summed E-state index contributed by atoms with van der Waals surface area (Å²) in [4.78, 5) is 11.7. The summed E-state index contributed by atoms with van der Waals surface area (Å²) in [6, 6.07) is 0. The number of amides is 1. The fourth-order valence-electron chi connectivity index (χ4n) is 2.78. The van der Waals surface area contributed by atoms with Crippen LogP contribution in [0.15, 0.2) is 0 Å². The molecule has 0 aliphatic heterocycles. The zero-order valence-electron chi connectivity index (χ0n) is 8.39. The molecule has 0 bridgehead atoms. The Kier molecular flexibility index (Phi) is 2.06. The highest BCUT2D eigenvalue weighted by Gasteiger charge is 2.56. The molecule has 3 heteroatoms. The second-order valence-electron chi connectivity index (χ2n) is 4.36. The molecule has 2 fully saturated rings. The van der Waals surface area contributed by atoms with Crippen molar-refractivity contribution < 1.29 is 4.79 Å². The molecule has 2 saturated carbocycles. The smallest absolute Gasteiger partial charge is 0.240 e. The quantitative estimate of drug-likeness (QED) is 0.667. The lowest BCUT2D eigenvalue weighted by Gasteiger charge is -2.29. The molecule has 74 valence electrons. The van der Waals surface area contributed by atoms with Crippen LogP contribution in [0.25, 0.3) is 0 Å². The summed E-state index contributed by atoms with van der Waals surface area (Å²) >= 11 is 0. The van der Waals surface area contributed by atoms with Crippen molar-refractivity contribution in [3.63, 3.8) is 0 Å². The molecule has 1 amide bonds. The van der Waals surface area contributed by atoms with E-state index < -0.39 is 0 Å². The van der Waals surface area contributed by atoms with Gasteiger partial charge in [0, 0.05) is 7.05 Å². The van der Waals surface area contributed by atoms with Crippen molar-refractivity contribution in [3.8, 4) is 0 Å². The molecule has 2 aliphatic carbocycles. The Hall–Kier alpha value is -0.570. The summed E-state index contributed by atoms with van der Waals surface area (Å²) in [5.41, 5.74) is -0.225. The highest BCUT2D eigenvalue weighted by atomic mass is 16.2.